The van der Waals surface area contributed by atoms with Crippen LogP contribution in [0.4, 0.5) is 5.69 Å². The Labute approximate surface area is 131 Å². The van der Waals surface area contributed by atoms with Crippen LogP contribution in [0.2, 0.25) is 4.34 Å². The maximum atomic E-state index is 12.5. The number of carboxylic acid groups (broad SMARTS) is 1. The van der Waals surface area contributed by atoms with Crippen LogP contribution in [0.5, 0.6) is 0 Å². The van der Waals surface area contributed by atoms with Gasteiger partial charge in [-0.3, -0.25) is 4.31 Å². The fourth-order valence-corrected chi connectivity index (χ4v) is 4.72. The SMILES string of the molecule is Cc1cc(S(=O)(=O)N(C)c2ccc(C(=O)O)cc2)sc1Cl. The second-order valence-electron chi connectivity index (χ2n) is 4.35. The third-order valence-electron chi connectivity index (χ3n) is 2.93. The Morgan fingerprint density at radius 3 is 2.29 bits per heavy atom. The summed E-state index contributed by atoms with van der Waals surface area (Å²) in [6.45, 7) is 1.74. The molecule has 1 aromatic heterocycles. The van der Waals surface area contributed by atoms with E-state index in [1.807, 2.05) is 0 Å². The summed E-state index contributed by atoms with van der Waals surface area (Å²) >= 11 is 6.91. The Balaban J connectivity index is 2.38. The smallest absolute Gasteiger partial charge is 0.335 e. The molecular formula is C13H12ClNO4S2. The van der Waals surface area contributed by atoms with Crippen LogP contribution < -0.4 is 4.31 Å². The van der Waals surface area contributed by atoms with Crippen molar-refractivity contribution in [1.82, 2.24) is 0 Å². The summed E-state index contributed by atoms with van der Waals surface area (Å²) in [7, 11) is -2.30. The summed E-state index contributed by atoms with van der Waals surface area (Å²) in [5.74, 6) is -1.06. The van der Waals surface area contributed by atoms with Crippen LogP contribution in [0.15, 0.2) is 34.5 Å². The number of sulfonamides is 1. The minimum atomic E-state index is -3.71. The zero-order valence-electron chi connectivity index (χ0n) is 11.2. The molecule has 8 heteroatoms. The van der Waals surface area contributed by atoms with Gasteiger partial charge in [-0.2, -0.15) is 0 Å². The number of carboxylic acids is 1. The van der Waals surface area contributed by atoms with Crippen LogP contribution in [0.3, 0.4) is 0 Å². The largest absolute Gasteiger partial charge is 0.478 e. The number of aromatic carboxylic acids is 1. The molecule has 0 saturated carbocycles. The fourth-order valence-electron chi connectivity index (χ4n) is 1.65. The maximum Gasteiger partial charge on any atom is 0.335 e. The molecule has 0 radical (unpaired) electrons. The lowest BCUT2D eigenvalue weighted by Crippen LogP contribution is -2.25. The first-order valence-electron chi connectivity index (χ1n) is 5.81. The van der Waals surface area contributed by atoms with Crippen molar-refractivity contribution in [2.75, 3.05) is 11.4 Å². The third-order valence-corrected chi connectivity index (χ3v) is 6.72. The molecule has 21 heavy (non-hydrogen) atoms. The number of anilines is 1. The molecule has 0 bridgehead atoms. The molecule has 2 rings (SSSR count). The molecule has 0 aliphatic heterocycles. The van der Waals surface area contributed by atoms with Gasteiger partial charge in [0.15, 0.2) is 0 Å². The van der Waals surface area contributed by atoms with Gasteiger partial charge >= 0.3 is 5.97 Å². The van der Waals surface area contributed by atoms with Crippen LogP contribution in [-0.2, 0) is 10.0 Å². The Bertz CT molecular complexity index is 762. The number of carbonyl (C=O) groups is 1. The van der Waals surface area contributed by atoms with Crippen molar-refractivity contribution >= 4 is 44.6 Å². The third kappa shape index (κ3) is 3.04. The van der Waals surface area contributed by atoms with Crippen molar-refractivity contribution in [1.29, 1.82) is 0 Å². The molecular weight excluding hydrogens is 334 g/mol. The Morgan fingerprint density at radius 2 is 1.86 bits per heavy atom. The molecule has 0 unspecified atom stereocenters. The van der Waals surface area contributed by atoms with E-state index < -0.39 is 16.0 Å². The topological polar surface area (TPSA) is 74.7 Å². The molecule has 5 nitrogen and oxygen atoms in total. The average molecular weight is 346 g/mol. The van der Waals surface area contributed by atoms with Crippen LogP contribution in [0, 0.1) is 6.92 Å². The first-order chi connectivity index (χ1) is 9.73. The second-order valence-corrected chi connectivity index (χ2v) is 8.20. The number of nitrogens with zero attached hydrogens (tertiary/aromatic N) is 1. The fraction of sp³-hybridized carbons (Fsp3) is 0.154. The van der Waals surface area contributed by atoms with Crippen molar-refractivity contribution in [3.05, 3.63) is 45.8 Å². The van der Waals surface area contributed by atoms with Gasteiger partial charge in [-0.1, -0.05) is 11.6 Å². The summed E-state index contributed by atoms with van der Waals surface area (Å²) in [6, 6.07) is 7.13. The first kappa shape index (κ1) is 15.8. The predicted molar refractivity (Wildman–Crippen MR) is 83.1 cm³/mol. The van der Waals surface area contributed by atoms with Crippen molar-refractivity contribution in [2.24, 2.45) is 0 Å². The highest BCUT2D eigenvalue weighted by Crippen LogP contribution is 2.33. The van der Waals surface area contributed by atoms with Gasteiger partial charge in [0.25, 0.3) is 10.0 Å². The van der Waals surface area contributed by atoms with Gasteiger partial charge in [-0.15, -0.1) is 11.3 Å². The number of aryl methyl sites for hydroxylation is 1. The lowest BCUT2D eigenvalue weighted by atomic mass is 10.2. The summed E-state index contributed by atoms with van der Waals surface area (Å²) in [4.78, 5) is 10.8. The van der Waals surface area contributed by atoms with Gasteiger partial charge in [0.2, 0.25) is 0 Å². The minimum absolute atomic E-state index is 0.0968. The average Bonchev–Trinajstić information content (AvgIpc) is 2.78. The van der Waals surface area contributed by atoms with Crippen molar-refractivity contribution < 1.29 is 18.3 Å². The van der Waals surface area contributed by atoms with Crippen LogP contribution >= 0.6 is 22.9 Å². The highest BCUT2D eigenvalue weighted by atomic mass is 35.5. The van der Waals surface area contributed by atoms with E-state index >= 15 is 0 Å². The molecule has 112 valence electrons. The van der Waals surface area contributed by atoms with E-state index in [0.717, 1.165) is 15.6 Å². The zero-order chi connectivity index (χ0) is 15.8. The highest BCUT2D eigenvalue weighted by molar-refractivity contribution is 7.94. The minimum Gasteiger partial charge on any atom is -0.478 e. The van der Waals surface area contributed by atoms with Crippen LogP contribution in [0.25, 0.3) is 0 Å². The van der Waals surface area contributed by atoms with Crippen molar-refractivity contribution in [2.45, 2.75) is 11.1 Å². The Hall–Kier alpha value is -1.57. The zero-order valence-corrected chi connectivity index (χ0v) is 13.6. The Morgan fingerprint density at radius 1 is 1.29 bits per heavy atom. The number of thiophene rings is 1. The molecule has 2 aromatic rings. The van der Waals surface area contributed by atoms with E-state index in [9.17, 15) is 13.2 Å². The molecule has 0 amide bonds. The van der Waals surface area contributed by atoms with E-state index in [1.165, 1.54) is 37.4 Å². The second kappa shape index (κ2) is 5.67. The number of hydrogen-bond donors (Lipinski definition) is 1. The first-order valence-corrected chi connectivity index (χ1v) is 8.45. The molecule has 0 spiro atoms. The molecule has 1 aromatic carbocycles. The lowest BCUT2D eigenvalue weighted by Gasteiger charge is -2.18. The molecule has 0 aliphatic rings. The summed E-state index contributed by atoms with van der Waals surface area (Å²) in [5, 5.41) is 8.84. The maximum absolute atomic E-state index is 12.5. The van der Waals surface area contributed by atoms with Gasteiger partial charge in [-0.25, -0.2) is 13.2 Å². The van der Waals surface area contributed by atoms with E-state index in [2.05, 4.69) is 0 Å². The molecule has 1 N–H and O–H groups in total. The van der Waals surface area contributed by atoms with Gasteiger partial charge in [0.1, 0.15) is 4.21 Å². The number of rotatable bonds is 4. The van der Waals surface area contributed by atoms with Gasteiger partial charge in [-0.05, 0) is 42.8 Å². The summed E-state index contributed by atoms with van der Waals surface area (Å²) in [5.41, 5.74) is 1.18. The highest BCUT2D eigenvalue weighted by Gasteiger charge is 2.24. The monoisotopic (exact) mass is 345 g/mol. The van der Waals surface area contributed by atoms with E-state index in [4.69, 9.17) is 16.7 Å². The van der Waals surface area contributed by atoms with E-state index in [1.54, 1.807) is 6.92 Å². The molecule has 0 fully saturated rings. The molecule has 0 aliphatic carbocycles. The molecule has 0 atom stereocenters. The normalized spacial score (nSPS) is 11.4. The lowest BCUT2D eigenvalue weighted by molar-refractivity contribution is 0.0697. The summed E-state index contributed by atoms with van der Waals surface area (Å²) < 4.78 is 26.6. The number of hydrogen-bond acceptors (Lipinski definition) is 4. The van der Waals surface area contributed by atoms with E-state index in [0.29, 0.717) is 15.6 Å². The number of benzene rings is 1. The number of halogens is 1. The van der Waals surface area contributed by atoms with Gasteiger partial charge < -0.3 is 5.11 Å². The quantitative estimate of drug-likeness (QED) is 0.923. The molecule has 1 heterocycles. The Kier molecular flexibility index (Phi) is 4.27. The van der Waals surface area contributed by atoms with Gasteiger partial charge in [0.05, 0.1) is 15.6 Å². The summed E-state index contributed by atoms with van der Waals surface area (Å²) in [6.07, 6.45) is 0. The predicted octanol–water partition coefficient (Wildman–Crippen LogP) is 3.23. The van der Waals surface area contributed by atoms with Crippen LogP contribution in [-0.4, -0.2) is 26.5 Å². The standard InChI is InChI=1S/C13H12ClNO4S2/c1-8-7-11(20-12(8)14)21(18,19)15(2)10-5-3-9(4-6-10)13(16)17/h3-7H,1-2H3,(H,16,17). The van der Waals surface area contributed by atoms with Crippen LogP contribution in [0.1, 0.15) is 15.9 Å². The van der Waals surface area contributed by atoms with E-state index in [-0.39, 0.29) is 9.77 Å². The van der Waals surface area contributed by atoms with Crippen molar-refractivity contribution in [3.63, 3.8) is 0 Å². The van der Waals surface area contributed by atoms with Gasteiger partial charge in [0, 0.05) is 7.05 Å². The van der Waals surface area contributed by atoms with Crippen molar-refractivity contribution in [3.8, 4) is 0 Å². The molecule has 0 saturated heterocycles.